The number of methoxy groups -OCH3 is 1. The third-order valence-electron chi connectivity index (χ3n) is 5.53. The summed E-state index contributed by atoms with van der Waals surface area (Å²) < 4.78 is 5.20. The van der Waals surface area contributed by atoms with E-state index in [9.17, 15) is 9.59 Å². The summed E-state index contributed by atoms with van der Waals surface area (Å²) in [7, 11) is 3.19. The first-order chi connectivity index (χ1) is 14.6. The fourth-order valence-corrected chi connectivity index (χ4v) is 4.47. The molecular weight excluding hydrogens is 408 g/mol. The molecule has 1 unspecified atom stereocenters. The molecule has 0 spiro atoms. The van der Waals surface area contributed by atoms with Crippen LogP contribution in [0.5, 0.6) is 5.75 Å². The number of amides is 2. The monoisotopic (exact) mass is 442 g/mol. The SMILES string of the molecule is CNC(=O)[C@H](Cc1ccc(OC)cc1)NC(=O)C(C)(CC(C)C)c1ccc(C)cc1S. The molecule has 2 rings (SSSR count). The normalized spacial score (nSPS) is 13.9. The van der Waals surface area contributed by atoms with E-state index in [0.29, 0.717) is 12.8 Å². The maximum absolute atomic E-state index is 13.6. The molecule has 5 nitrogen and oxygen atoms in total. The molecule has 0 saturated carbocycles. The summed E-state index contributed by atoms with van der Waals surface area (Å²) >= 11 is 4.66. The first-order valence-corrected chi connectivity index (χ1v) is 11.0. The first kappa shape index (κ1) is 24.8. The standard InChI is InChI=1S/C25H34N2O3S/c1-16(2)15-25(4,20-12-7-17(3)13-22(20)31)24(29)27-21(23(28)26-5)14-18-8-10-19(30-6)11-9-18/h7-13,16,21,31H,14-15H2,1-6H3,(H,26,28)(H,27,29)/t21-,25?/m0/s1. The zero-order valence-electron chi connectivity index (χ0n) is 19.3. The van der Waals surface area contributed by atoms with E-state index in [1.807, 2.05) is 56.3 Å². The van der Waals surface area contributed by atoms with Crippen LogP contribution in [0.2, 0.25) is 0 Å². The van der Waals surface area contributed by atoms with Gasteiger partial charge in [0.15, 0.2) is 0 Å². The van der Waals surface area contributed by atoms with Gasteiger partial charge in [-0.2, -0.15) is 0 Å². The molecule has 168 valence electrons. The average molecular weight is 443 g/mol. The number of hydrogen-bond acceptors (Lipinski definition) is 4. The summed E-state index contributed by atoms with van der Waals surface area (Å²) in [4.78, 5) is 27.0. The Morgan fingerprint density at radius 2 is 1.77 bits per heavy atom. The van der Waals surface area contributed by atoms with Crippen molar-refractivity contribution in [2.75, 3.05) is 14.2 Å². The number of thiol groups is 1. The van der Waals surface area contributed by atoms with Gasteiger partial charge >= 0.3 is 0 Å². The van der Waals surface area contributed by atoms with Crippen molar-refractivity contribution in [3.8, 4) is 5.75 Å². The van der Waals surface area contributed by atoms with Gasteiger partial charge in [0.1, 0.15) is 11.8 Å². The summed E-state index contributed by atoms with van der Waals surface area (Å²) in [5.74, 6) is 0.618. The van der Waals surface area contributed by atoms with Crippen LogP contribution in [-0.4, -0.2) is 32.0 Å². The molecule has 31 heavy (non-hydrogen) atoms. The molecule has 0 bridgehead atoms. The zero-order chi connectivity index (χ0) is 23.2. The molecule has 0 aliphatic carbocycles. The van der Waals surface area contributed by atoms with E-state index in [-0.39, 0.29) is 17.7 Å². The lowest BCUT2D eigenvalue weighted by molar-refractivity contribution is -0.132. The first-order valence-electron chi connectivity index (χ1n) is 10.6. The molecule has 2 N–H and O–H groups in total. The van der Waals surface area contributed by atoms with E-state index in [2.05, 4.69) is 37.1 Å². The number of ether oxygens (including phenoxy) is 1. The smallest absolute Gasteiger partial charge is 0.242 e. The van der Waals surface area contributed by atoms with Crippen molar-refractivity contribution >= 4 is 24.4 Å². The van der Waals surface area contributed by atoms with Crippen LogP contribution in [0.3, 0.4) is 0 Å². The van der Waals surface area contributed by atoms with Crippen LogP contribution in [0.1, 0.15) is 43.9 Å². The molecule has 2 amide bonds. The van der Waals surface area contributed by atoms with Crippen LogP contribution in [0.4, 0.5) is 0 Å². The highest BCUT2D eigenvalue weighted by Gasteiger charge is 2.39. The number of hydrogen-bond donors (Lipinski definition) is 3. The summed E-state index contributed by atoms with van der Waals surface area (Å²) in [5, 5.41) is 5.69. The van der Waals surface area contributed by atoms with Crippen LogP contribution >= 0.6 is 12.6 Å². The molecule has 0 fully saturated rings. The number of nitrogens with one attached hydrogen (secondary N) is 2. The van der Waals surface area contributed by atoms with E-state index < -0.39 is 11.5 Å². The Kier molecular flexibility index (Phi) is 8.57. The van der Waals surface area contributed by atoms with E-state index in [0.717, 1.165) is 27.3 Å². The number of carbonyl (C=O) groups is 2. The number of rotatable bonds is 9. The van der Waals surface area contributed by atoms with Crippen molar-refractivity contribution < 1.29 is 14.3 Å². The number of likely N-dealkylation sites (N-methyl/N-ethyl adjacent to an activating group) is 1. The molecule has 0 aliphatic heterocycles. The summed E-state index contributed by atoms with van der Waals surface area (Å²) in [6.07, 6.45) is 1.02. The maximum atomic E-state index is 13.6. The minimum absolute atomic E-state index is 0.178. The molecule has 0 aliphatic rings. The fraction of sp³-hybridized carbons (Fsp3) is 0.440. The Morgan fingerprint density at radius 1 is 1.13 bits per heavy atom. The van der Waals surface area contributed by atoms with Gasteiger partial charge in [0.05, 0.1) is 12.5 Å². The lowest BCUT2D eigenvalue weighted by atomic mass is 9.74. The molecule has 0 aromatic heterocycles. The van der Waals surface area contributed by atoms with Gasteiger partial charge in [-0.05, 0) is 55.5 Å². The minimum Gasteiger partial charge on any atom is -0.497 e. The third-order valence-corrected chi connectivity index (χ3v) is 5.90. The summed E-state index contributed by atoms with van der Waals surface area (Å²) in [5.41, 5.74) is 2.08. The number of carbonyl (C=O) groups excluding carboxylic acids is 2. The molecule has 0 heterocycles. The second-order valence-corrected chi connectivity index (χ2v) is 9.12. The predicted octanol–water partition coefficient (Wildman–Crippen LogP) is 4.07. The van der Waals surface area contributed by atoms with Crippen molar-refractivity contribution in [2.45, 2.75) is 56.9 Å². The highest BCUT2D eigenvalue weighted by Crippen LogP contribution is 2.36. The summed E-state index contributed by atoms with van der Waals surface area (Å²) in [6, 6.07) is 12.7. The van der Waals surface area contributed by atoms with Gasteiger partial charge in [0, 0.05) is 18.4 Å². The van der Waals surface area contributed by atoms with Gasteiger partial charge in [0.25, 0.3) is 0 Å². The van der Waals surface area contributed by atoms with Crippen LogP contribution in [-0.2, 0) is 21.4 Å². The van der Waals surface area contributed by atoms with Crippen LogP contribution in [0, 0.1) is 12.8 Å². The van der Waals surface area contributed by atoms with Crippen molar-refractivity contribution in [3.05, 3.63) is 59.2 Å². The van der Waals surface area contributed by atoms with Crippen molar-refractivity contribution in [3.63, 3.8) is 0 Å². The van der Waals surface area contributed by atoms with Gasteiger partial charge in [-0.25, -0.2) is 0 Å². The molecule has 2 aromatic rings. The third kappa shape index (κ3) is 6.26. The average Bonchev–Trinajstić information content (AvgIpc) is 2.72. The fourth-order valence-electron chi connectivity index (χ4n) is 3.95. The quantitative estimate of drug-likeness (QED) is 0.513. The van der Waals surface area contributed by atoms with Crippen LogP contribution in [0.15, 0.2) is 47.4 Å². The second kappa shape index (κ2) is 10.7. The Morgan fingerprint density at radius 3 is 2.29 bits per heavy atom. The van der Waals surface area contributed by atoms with E-state index >= 15 is 0 Å². The molecule has 6 heteroatoms. The summed E-state index contributed by atoms with van der Waals surface area (Å²) in [6.45, 7) is 8.11. The molecule has 0 saturated heterocycles. The topological polar surface area (TPSA) is 67.4 Å². The Bertz CT molecular complexity index is 911. The number of aryl methyl sites for hydroxylation is 1. The van der Waals surface area contributed by atoms with E-state index in [1.54, 1.807) is 14.2 Å². The largest absolute Gasteiger partial charge is 0.497 e. The molecule has 2 aromatic carbocycles. The minimum atomic E-state index is -0.814. The van der Waals surface area contributed by atoms with Crippen molar-refractivity contribution in [1.82, 2.24) is 10.6 Å². The Balaban J connectivity index is 2.35. The van der Waals surface area contributed by atoms with Gasteiger partial charge in [-0.3, -0.25) is 9.59 Å². The van der Waals surface area contributed by atoms with E-state index in [1.165, 1.54) is 0 Å². The molecule has 0 radical (unpaired) electrons. The highest BCUT2D eigenvalue weighted by molar-refractivity contribution is 7.80. The lowest BCUT2D eigenvalue weighted by Gasteiger charge is -2.33. The number of benzene rings is 2. The van der Waals surface area contributed by atoms with Gasteiger partial charge < -0.3 is 15.4 Å². The molecule has 2 atom stereocenters. The van der Waals surface area contributed by atoms with E-state index in [4.69, 9.17) is 4.74 Å². The van der Waals surface area contributed by atoms with Gasteiger partial charge in [-0.15, -0.1) is 12.6 Å². The zero-order valence-corrected chi connectivity index (χ0v) is 20.2. The second-order valence-electron chi connectivity index (χ2n) is 8.64. The maximum Gasteiger partial charge on any atom is 0.242 e. The Labute approximate surface area is 191 Å². The van der Waals surface area contributed by atoms with Gasteiger partial charge in [-0.1, -0.05) is 43.7 Å². The molecular formula is C25H34N2O3S. The lowest BCUT2D eigenvalue weighted by Crippen LogP contribution is -2.53. The Hall–Kier alpha value is -2.47. The van der Waals surface area contributed by atoms with Gasteiger partial charge in [0.2, 0.25) is 11.8 Å². The highest BCUT2D eigenvalue weighted by atomic mass is 32.1. The van der Waals surface area contributed by atoms with Crippen LogP contribution < -0.4 is 15.4 Å². The predicted molar refractivity (Wildman–Crippen MR) is 128 cm³/mol. The van der Waals surface area contributed by atoms with Crippen molar-refractivity contribution in [1.29, 1.82) is 0 Å². The van der Waals surface area contributed by atoms with Crippen molar-refractivity contribution in [2.24, 2.45) is 5.92 Å². The van der Waals surface area contributed by atoms with Crippen LogP contribution in [0.25, 0.3) is 0 Å².